The van der Waals surface area contributed by atoms with E-state index >= 15 is 0 Å². The van der Waals surface area contributed by atoms with Crippen molar-refractivity contribution < 1.29 is 9.59 Å². The van der Waals surface area contributed by atoms with E-state index in [1.165, 1.54) is 11.3 Å². The van der Waals surface area contributed by atoms with Gasteiger partial charge in [0.05, 0.1) is 0 Å². The first kappa shape index (κ1) is 17.8. The fourth-order valence-corrected chi connectivity index (χ4v) is 3.68. The second-order valence-electron chi connectivity index (χ2n) is 5.91. The van der Waals surface area contributed by atoms with Crippen molar-refractivity contribution in [2.24, 2.45) is 0 Å². The van der Waals surface area contributed by atoms with Gasteiger partial charge in [-0.1, -0.05) is 29.0 Å². The Balaban J connectivity index is 1.48. The Bertz CT molecular complexity index is 759. The number of carbonyl (C=O) groups excluding carboxylic acids is 2. The summed E-state index contributed by atoms with van der Waals surface area (Å²) in [5, 5.41) is 12.4. The summed E-state index contributed by atoms with van der Waals surface area (Å²) in [6.45, 7) is 1.76. The Morgan fingerprint density at radius 1 is 1.24 bits per heavy atom. The first-order valence-electron chi connectivity index (χ1n) is 8.29. The topological polar surface area (TPSA) is 75.2 Å². The van der Waals surface area contributed by atoms with E-state index < -0.39 is 0 Å². The molecule has 2 amide bonds. The average molecular weight is 379 g/mol. The highest BCUT2D eigenvalue weighted by Crippen LogP contribution is 2.18. The summed E-state index contributed by atoms with van der Waals surface area (Å²) < 4.78 is 0. The van der Waals surface area contributed by atoms with Gasteiger partial charge in [0.2, 0.25) is 10.9 Å². The lowest BCUT2D eigenvalue weighted by molar-refractivity contribution is -0.130. The number of halogens is 1. The SMILES string of the molecule is O=C(Nc1cccc(Cl)c1)c1nnc(CCCC(=O)N2CCCC2)s1. The second-order valence-corrected chi connectivity index (χ2v) is 7.41. The minimum Gasteiger partial charge on any atom is -0.343 e. The van der Waals surface area contributed by atoms with Crippen LogP contribution in [0.2, 0.25) is 5.02 Å². The molecule has 1 N–H and O–H groups in total. The Hall–Kier alpha value is -1.99. The van der Waals surface area contributed by atoms with Crippen LogP contribution in [0.25, 0.3) is 0 Å². The summed E-state index contributed by atoms with van der Waals surface area (Å²) in [6, 6.07) is 6.94. The van der Waals surface area contributed by atoms with Crippen LogP contribution >= 0.6 is 22.9 Å². The van der Waals surface area contributed by atoms with Crippen LogP contribution in [0.3, 0.4) is 0 Å². The van der Waals surface area contributed by atoms with Crippen LogP contribution in [0, 0.1) is 0 Å². The molecule has 0 saturated carbocycles. The number of anilines is 1. The van der Waals surface area contributed by atoms with Crippen molar-refractivity contribution in [2.75, 3.05) is 18.4 Å². The van der Waals surface area contributed by atoms with Crippen LogP contribution in [-0.2, 0) is 11.2 Å². The highest BCUT2D eigenvalue weighted by molar-refractivity contribution is 7.13. The van der Waals surface area contributed by atoms with Crippen LogP contribution in [0.15, 0.2) is 24.3 Å². The third-order valence-corrected chi connectivity index (χ3v) is 5.20. The second kappa shape index (κ2) is 8.40. The molecule has 1 saturated heterocycles. The zero-order chi connectivity index (χ0) is 17.6. The van der Waals surface area contributed by atoms with E-state index in [4.69, 9.17) is 11.6 Å². The molecular weight excluding hydrogens is 360 g/mol. The maximum absolute atomic E-state index is 12.2. The number of hydrogen-bond acceptors (Lipinski definition) is 5. The fraction of sp³-hybridized carbons (Fsp3) is 0.412. The van der Waals surface area contributed by atoms with Crippen LogP contribution in [0.5, 0.6) is 0 Å². The van der Waals surface area contributed by atoms with Gasteiger partial charge in [-0.3, -0.25) is 9.59 Å². The summed E-state index contributed by atoms with van der Waals surface area (Å²) in [5.74, 6) is -0.0971. The molecule has 0 spiro atoms. The highest BCUT2D eigenvalue weighted by Gasteiger charge is 2.18. The van der Waals surface area contributed by atoms with Crippen LogP contribution < -0.4 is 5.32 Å². The minimum absolute atomic E-state index is 0.209. The van der Waals surface area contributed by atoms with E-state index in [1.807, 2.05) is 4.90 Å². The molecule has 1 aromatic carbocycles. The third-order valence-electron chi connectivity index (χ3n) is 3.98. The van der Waals surface area contributed by atoms with Crippen molar-refractivity contribution in [1.82, 2.24) is 15.1 Å². The third kappa shape index (κ3) is 4.99. The molecule has 0 radical (unpaired) electrons. The van der Waals surface area contributed by atoms with Crippen molar-refractivity contribution in [3.63, 3.8) is 0 Å². The molecule has 1 fully saturated rings. The Labute approximate surface area is 155 Å². The number of nitrogens with one attached hydrogen (secondary N) is 1. The molecule has 1 aliphatic heterocycles. The highest BCUT2D eigenvalue weighted by atomic mass is 35.5. The zero-order valence-electron chi connectivity index (χ0n) is 13.7. The molecule has 0 atom stereocenters. The molecule has 8 heteroatoms. The van der Waals surface area contributed by atoms with E-state index in [-0.39, 0.29) is 11.8 Å². The van der Waals surface area contributed by atoms with Crippen molar-refractivity contribution in [3.8, 4) is 0 Å². The molecule has 3 rings (SSSR count). The predicted octanol–water partition coefficient (Wildman–Crippen LogP) is 3.39. The molecule has 132 valence electrons. The first-order chi connectivity index (χ1) is 12.1. The fourth-order valence-electron chi connectivity index (χ4n) is 2.71. The van der Waals surface area contributed by atoms with Gasteiger partial charge in [-0.2, -0.15) is 0 Å². The summed E-state index contributed by atoms with van der Waals surface area (Å²) in [5.41, 5.74) is 0.616. The quantitative estimate of drug-likeness (QED) is 0.835. The number of amides is 2. The van der Waals surface area contributed by atoms with Crippen LogP contribution in [0.1, 0.15) is 40.5 Å². The Morgan fingerprint density at radius 2 is 2.04 bits per heavy atom. The summed E-state index contributed by atoms with van der Waals surface area (Å²) in [6.07, 6.45) is 4.10. The van der Waals surface area contributed by atoms with Gasteiger partial charge in [-0.15, -0.1) is 10.2 Å². The number of aromatic nitrogens is 2. The summed E-state index contributed by atoms with van der Waals surface area (Å²) in [4.78, 5) is 26.1. The Kier molecular flexibility index (Phi) is 5.99. The Morgan fingerprint density at radius 3 is 2.80 bits per heavy atom. The first-order valence-corrected chi connectivity index (χ1v) is 9.48. The monoisotopic (exact) mass is 378 g/mol. The number of rotatable bonds is 6. The maximum Gasteiger partial charge on any atom is 0.286 e. The lowest BCUT2D eigenvalue weighted by Crippen LogP contribution is -2.27. The van der Waals surface area contributed by atoms with Gasteiger partial charge in [0.1, 0.15) is 5.01 Å². The number of likely N-dealkylation sites (tertiary alicyclic amines) is 1. The zero-order valence-corrected chi connectivity index (χ0v) is 15.3. The van der Waals surface area contributed by atoms with Gasteiger partial charge in [-0.05, 0) is 37.5 Å². The van der Waals surface area contributed by atoms with Crippen molar-refractivity contribution in [2.45, 2.75) is 32.1 Å². The molecule has 1 aliphatic rings. The van der Waals surface area contributed by atoms with Crippen LogP contribution in [-0.4, -0.2) is 40.0 Å². The van der Waals surface area contributed by atoms with Gasteiger partial charge in [0.25, 0.3) is 5.91 Å². The van der Waals surface area contributed by atoms with E-state index in [0.717, 1.165) is 37.4 Å². The maximum atomic E-state index is 12.2. The smallest absolute Gasteiger partial charge is 0.286 e. The number of nitrogens with zero attached hydrogens (tertiary/aromatic N) is 3. The van der Waals surface area contributed by atoms with Crippen molar-refractivity contribution >= 4 is 40.4 Å². The predicted molar refractivity (Wildman–Crippen MR) is 98.1 cm³/mol. The van der Waals surface area contributed by atoms with Crippen LogP contribution in [0.4, 0.5) is 5.69 Å². The normalized spacial score (nSPS) is 13.9. The lowest BCUT2D eigenvalue weighted by Gasteiger charge is -2.14. The van der Waals surface area contributed by atoms with Crippen molar-refractivity contribution in [1.29, 1.82) is 0 Å². The van der Waals surface area contributed by atoms with Crippen molar-refractivity contribution in [3.05, 3.63) is 39.3 Å². The van der Waals surface area contributed by atoms with Gasteiger partial charge < -0.3 is 10.2 Å². The number of benzene rings is 1. The standard InChI is InChI=1S/C17H19ClN4O2S/c18-12-5-3-6-13(11-12)19-16(24)17-21-20-14(25-17)7-4-8-15(23)22-9-1-2-10-22/h3,5-6,11H,1-2,4,7-10H2,(H,19,24). The largest absolute Gasteiger partial charge is 0.343 e. The van der Waals surface area contributed by atoms with Gasteiger partial charge in [0.15, 0.2) is 0 Å². The minimum atomic E-state index is -0.306. The summed E-state index contributed by atoms with van der Waals surface area (Å²) in [7, 11) is 0. The van der Waals surface area contributed by atoms with Gasteiger partial charge >= 0.3 is 0 Å². The molecule has 2 aromatic rings. The van der Waals surface area contributed by atoms with Gasteiger partial charge in [-0.25, -0.2) is 0 Å². The molecule has 6 nitrogen and oxygen atoms in total. The molecule has 2 heterocycles. The summed E-state index contributed by atoms with van der Waals surface area (Å²) >= 11 is 7.16. The molecular formula is C17H19ClN4O2S. The van der Waals surface area contributed by atoms with E-state index in [9.17, 15) is 9.59 Å². The number of aryl methyl sites for hydroxylation is 1. The lowest BCUT2D eigenvalue weighted by atomic mass is 10.2. The van der Waals surface area contributed by atoms with E-state index in [0.29, 0.717) is 28.6 Å². The molecule has 25 heavy (non-hydrogen) atoms. The van der Waals surface area contributed by atoms with Gasteiger partial charge in [0, 0.05) is 36.6 Å². The average Bonchev–Trinajstić information content (AvgIpc) is 3.27. The molecule has 0 unspecified atom stereocenters. The molecule has 1 aromatic heterocycles. The number of carbonyl (C=O) groups is 2. The van der Waals surface area contributed by atoms with E-state index in [1.54, 1.807) is 24.3 Å². The van der Waals surface area contributed by atoms with E-state index in [2.05, 4.69) is 15.5 Å². The molecule has 0 bridgehead atoms. The number of hydrogen-bond donors (Lipinski definition) is 1. The molecule has 0 aliphatic carbocycles.